The van der Waals surface area contributed by atoms with Crippen LogP contribution in [-0.4, -0.2) is 17.4 Å². The number of amides is 1. The Morgan fingerprint density at radius 1 is 1.12 bits per heavy atom. The summed E-state index contributed by atoms with van der Waals surface area (Å²) in [6, 6.07) is 7.70. The minimum Gasteiger partial charge on any atom is -0.356 e. The molecule has 0 saturated carbocycles. The highest BCUT2D eigenvalue weighted by atomic mass is 35.5. The Morgan fingerprint density at radius 2 is 1.84 bits per heavy atom. The lowest BCUT2D eigenvalue weighted by Crippen LogP contribution is -2.25. The van der Waals surface area contributed by atoms with Crippen molar-refractivity contribution in [2.24, 2.45) is 0 Å². The van der Waals surface area contributed by atoms with Gasteiger partial charge in [0.1, 0.15) is 0 Å². The third-order valence-electron chi connectivity index (χ3n) is 4.11. The number of nitrogens with one attached hydrogen (secondary N) is 1. The molecule has 1 amide bonds. The molecule has 0 spiro atoms. The Balaban J connectivity index is 1.63. The third-order valence-corrected chi connectivity index (χ3v) is 5.27. The Bertz CT molecular complexity index is 639. The quantitative estimate of drug-likeness (QED) is 0.496. The molecule has 2 aromatic rings. The molecule has 1 aromatic carbocycles. The van der Waals surface area contributed by atoms with Crippen molar-refractivity contribution in [1.82, 2.24) is 10.3 Å². The van der Waals surface area contributed by atoms with Crippen LogP contribution in [0.25, 0.3) is 11.3 Å². The molecular formula is C20H27ClN2OS. The SMILES string of the molecule is CCCCCCCCC(=O)NCCc1nc(-c2ccc(Cl)cc2)cs1. The van der Waals surface area contributed by atoms with Gasteiger partial charge in [0.05, 0.1) is 10.7 Å². The van der Waals surface area contributed by atoms with Crippen molar-refractivity contribution in [2.45, 2.75) is 58.3 Å². The van der Waals surface area contributed by atoms with E-state index in [9.17, 15) is 4.79 Å². The first-order valence-electron chi connectivity index (χ1n) is 9.16. The molecule has 1 aromatic heterocycles. The van der Waals surface area contributed by atoms with E-state index < -0.39 is 0 Å². The lowest BCUT2D eigenvalue weighted by molar-refractivity contribution is -0.121. The van der Waals surface area contributed by atoms with Crippen LogP contribution < -0.4 is 5.32 Å². The van der Waals surface area contributed by atoms with Crippen molar-refractivity contribution < 1.29 is 4.79 Å². The van der Waals surface area contributed by atoms with Crippen LogP contribution in [-0.2, 0) is 11.2 Å². The number of thiazole rings is 1. The fourth-order valence-corrected chi connectivity index (χ4v) is 3.58. The number of halogens is 1. The number of unbranched alkanes of at least 4 members (excludes halogenated alkanes) is 5. The summed E-state index contributed by atoms with van der Waals surface area (Å²) >= 11 is 7.55. The average Bonchev–Trinajstić information content (AvgIpc) is 3.07. The number of hydrogen-bond donors (Lipinski definition) is 1. The number of benzene rings is 1. The van der Waals surface area contributed by atoms with E-state index in [1.165, 1.54) is 25.7 Å². The van der Waals surface area contributed by atoms with Gasteiger partial charge < -0.3 is 5.32 Å². The van der Waals surface area contributed by atoms with Crippen molar-refractivity contribution in [3.63, 3.8) is 0 Å². The van der Waals surface area contributed by atoms with E-state index in [4.69, 9.17) is 11.6 Å². The molecule has 1 N–H and O–H groups in total. The smallest absolute Gasteiger partial charge is 0.220 e. The highest BCUT2D eigenvalue weighted by molar-refractivity contribution is 7.09. The number of rotatable bonds is 11. The van der Waals surface area contributed by atoms with Crippen LogP contribution in [0.1, 0.15) is 56.9 Å². The molecule has 0 aliphatic rings. The van der Waals surface area contributed by atoms with Gasteiger partial charge in [-0.2, -0.15) is 0 Å². The average molecular weight is 379 g/mol. The molecule has 0 fully saturated rings. The monoisotopic (exact) mass is 378 g/mol. The molecule has 0 atom stereocenters. The molecule has 0 saturated heterocycles. The lowest BCUT2D eigenvalue weighted by atomic mass is 10.1. The number of nitrogens with zero attached hydrogens (tertiary/aromatic N) is 1. The molecular weight excluding hydrogens is 352 g/mol. The highest BCUT2D eigenvalue weighted by Crippen LogP contribution is 2.23. The summed E-state index contributed by atoms with van der Waals surface area (Å²) in [6.45, 7) is 2.87. The Hall–Kier alpha value is -1.39. The zero-order valence-electron chi connectivity index (χ0n) is 14.9. The second kappa shape index (κ2) is 11.3. The largest absolute Gasteiger partial charge is 0.356 e. The van der Waals surface area contributed by atoms with Crippen molar-refractivity contribution in [1.29, 1.82) is 0 Å². The van der Waals surface area contributed by atoms with Gasteiger partial charge in [0, 0.05) is 35.4 Å². The zero-order valence-corrected chi connectivity index (χ0v) is 16.5. The topological polar surface area (TPSA) is 42.0 Å². The molecule has 25 heavy (non-hydrogen) atoms. The van der Waals surface area contributed by atoms with Gasteiger partial charge >= 0.3 is 0 Å². The maximum Gasteiger partial charge on any atom is 0.220 e. The predicted octanol–water partition coefficient (Wildman–Crippen LogP) is 5.87. The maximum absolute atomic E-state index is 11.8. The van der Waals surface area contributed by atoms with Crippen LogP contribution in [0.15, 0.2) is 29.6 Å². The van der Waals surface area contributed by atoms with Gasteiger partial charge in [0.25, 0.3) is 0 Å². The van der Waals surface area contributed by atoms with E-state index in [2.05, 4.69) is 22.6 Å². The van der Waals surface area contributed by atoms with Gasteiger partial charge in [0.2, 0.25) is 5.91 Å². The molecule has 0 aliphatic heterocycles. The fourth-order valence-electron chi connectivity index (χ4n) is 2.64. The van der Waals surface area contributed by atoms with Crippen molar-refractivity contribution in [3.05, 3.63) is 39.7 Å². The Kier molecular flexibility index (Phi) is 8.98. The molecule has 3 nitrogen and oxygen atoms in total. The van der Waals surface area contributed by atoms with Crippen LogP contribution in [0.5, 0.6) is 0 Å². The summed E-state index contributed by atoms with van der Waals surface area (Å²) in [5.41, 5.74) is 2.04. The van der Waals surface area contributed by atoms with Gasteiger partial charge in [-0.25, -0.2) is 4.98 Å². The lowest BCUT2D eigenvalue weighted by Gasteiger charge is -2.04. The molecule has 0 aliphatic carbocycles. The molecule has 0 unspecified atom stereocenters. The van der Waals surface area contributed by atoms with E-state index >= 15 is 0 Å². The van der Waals surface area contributed by atoms with E-state index in [1.54, 1.807) is 11.3 Å². The van der Waals surface area contributed by atoms with Crippen LogP contribution >= 0.6 is 22.9 Å². The summed E-state index contributed by atoms with van der Waals surface area (Å²) in [5.74, 6) is 0.157. The van der Waals surface area contributed by atoms with Crippen molar-refractivity contribution >= 4 is 28.8 Å². The summed E-state index contributed by atoms with van der Waals surface area (Å²) in [4.78, 5) is 16.5. The number of carbonyl (C=O) groups excluding carboxylic acids is 1. The van der Waals surface area contributed by atoms with Gasteiger partial charge in [-0.1, -0.05) is 62.8 Å². The standard InChI is InChI=1S/C20H27ClN2OS/c1-2-3-4-5-6-7-8-19(24)22-14-13-20-23-18(15-25-20)16-9-11-17(21)12-10-16/h9-12,15H,2-8,13-14H2,1H3,(H,22,24). The minimum absolute atomic E-state index is 0.157. The van der Waals surface area contributed by atoms with Crippen molar-refractivity contribution in [2.75, 3.05) is 6.54 Å². The molecule has 1 heterocycles. The van der Waals surface area contributed by atoms with Crippen molar-refractivity contribution in [3.8, 4) is 11.3 Å². The van der Waals surface area contributed by atoms with E-state index in [0.717, 1.165) is 40.6 Å². The number of carbonyl (C=O) groups is 1. The molecule has 0 bridgehead atoms. The normalized spacial score (nSPS) is 10.8. The van der Waals surface area contributed by atoms with Gasteiger partial charge in [0.15, 0.2) is 0 Å². The summed E-state index contributed by atoms with van der Waals surface area (Å²) in [5, 5.41) is 6.83. The first-order valence-corrected chi connectivity index (χ1v) is 10.4. The second-order valence-corrected chi connectivity index (χ2v) is 7.63. The van der Waals surface area contributed by atoms with E-state index in [0.29, 0.717) is 13.0 Å². The number of aromatic nitrogens is 1. The third kappa shape index (κ3) is 7.57. The van der Waals surface area contributed by atoms with Gasteiger partial charge in [-0.05, 0) is 18.6 Å². The second-order valence-electron chi connectivity index (χ2n) is 6.25. The van der Waals surface area contributed by atoms with Crippen LogP contribution in [0, 0.1) is 0 Å². The van der Waals surface area contributed by atoms with Gasteiger partial charge in [-0.3, -0.25) is 4.79 Å². The minimum atomic E-state index is 0.157. The Morgan fingerprint density at radius 3 is 2.60 bits per heavy atom. The fraction of sp³-hybridized carbons (Fsp3) is 0.500. The summed E-state index contributed by atoms with van der Waals surface area (Å²) < 4.78 is 0. The molecule has 0 radical (unpaired) electrons. The van der Waals surface area contributed by atoms with E-state index in [-0.39, 0.29) is 5.91 Å². The van der Waals surface area contributed by atoms with Crippen LogP contribution in [0.3, 0.4) is 0 Å². The highest BCUT2D eigenvalue weighted by Gasteiger charge is 2.06. The summed E-state index contributed by atoms with van der Waals surface area (Å²) in [6.07, 6.45) is 8.67. The molecule has 136 valence electrons. The molecule has 5 heteroatoms. The molecule has 2 rings (SSSR count). The van der Waals surface area contributed by atoms with E-state index in [1.807, 2.05) is 24.3 Å². The van der Waals surface area contributed by atoms with Crippen LogP contribution in [0.2, 0.25) is 5.02 Å². The Labute approximate surface area is 159 Å². The zero-order chi connectivity index (χ0) is 17.9. The van der Waals surface area contributed by atoms with Crippen LogP contribution in [0.4, 0.5) is 0 Å². The predicted molar refractivity (Wildman–Crippen MR) is 107 cm³/mol. The summed E-state index contributed by atoms with van der Waals surface area (Å²) in [7, 11) is 0. The maximum atomic E-state index is 11.8. The number of hydrogen-bond acceptors (Lipinski definition) is 3. The first kappa shape index (κ1) is 19.9. The van der Waals surface area contributed by atoms with Gasteiger partial charge in [-0.15, -0.1) is 11.3 Å². The first-order chi connectivity index (χ1) is 12.2.